The van der Waals surface area contributed by atoms with Gasteiger partial charge in [-0.25, -0.2) is 13.4 Å². The molecule has 1 amide bonds. The summed E-state index contributed by atoms with van der Waals surface area (Å²) in [5.74, 6) is 1.10. The zero-order chi connectivity index (χ0) is 25.7. The lowest BCUT2D eigenvalue weighted by Gasteiger charge is -2.25. The molecule has 9 nitrogen and oxygen atoms in total. The maximum absolute atomic E-state index is 12.8. The standard InChI is InChI=1S/C23H20ClN5O4S3/c24-16-3-1-15(2-4-16)21-19(13-25)22(31)28-23(27-21)35-14-20(30)26-17-5-7-18(8-6-17)36(32,33)29-9-11-34-12-10-29/h1-8H,9-12,14H2,(H,26,30)(H,27,28,31). The maximum Gasteiger partial charge on any atom is 0.270 e. The van der Waals surface area contributed by atoms with Gasteiger partial charge in [0.2, 0.25) is 15.9 Å². The van der Waals surface area contributed by atoms with Crippen LogP contribution >= 0.6 is 35.1 Å². The minimum absolute atomic E-state index is 0.0691. The SMILES string of the molecule is N#Cc1c(-c2ccc(Cl)cc2)nc(SCC(=O)Nc2ccc(S(=O)(=O)N3CCSCC3)cc2)[nH]c1=O. The second-order valence-corrected chi connectivity index (χ2v) is 12.2. The number of nitriles is 1. The van der Waals surface area contributed by atoms with E-state index in [0.29, 0.717) is 29.4 Å². The lowest BCUT2D eigenvalue weighted by atomic mass is 10.1. The molecule has 4 rings (SSSR count). The summed E-state index contributed by atoms with van der Waals surface area (Å²) in [5, 5.41) is 12.8. The molecule has 36 heavy (non-hydrogen) atoms. The second kappa shape index (κ2) is 11.5. The molecule has 0 radical (unpaired) electrons. The van der Waals surface area contributed by atoms with Gasteiger partial charge in [-0.2, -0.15) is 21.3 Å². The number of H-pyrrole nitrogens is 1. The van der Waals surface area contributed by atoms with E-state index >= 15 is 0 Å². The molecule has 0 spiro atoms. The van der Waals surface area contributed by atoms with Crippen molar-refractivity contribution in [1.29, 1.82) is 5.26 Å². The van der Waals surface area contributed by atoms with Crippen molar-refractivity contribution in [3.63, 3.8) is 0 Å². The third-order valence-corrected chi connectivity index (χ3v) is 9.19. The summed E-state index contributed by atoms with van der Waals surface area (Å²) in [5.41, 5.74) is 0.447. The number of carbonyl (C=O) groups excluding carboxylic acids is 1. The topological polar surface area (TPSA) is 136 Å². The highest BCUT2D eigenvalue weighted by molar-refractivity contribution is 8.00. The number of hydrogen-bond acceptors (Lipinski definition) is 8. The molecule has 1 aliphatic rings. The number of thioether (sulfide) groups is 2. The van der Waals surface area contributed by atoms with Crippen molar-refractivity contribution >= 4 is 56.7 Å². The first-order valence-corrected chi connectivity index (χ1v) is 14.6. The highest BCUT2D eigenvalue weighted by atomic mass is 35.5. The lowest BCUT2D eigenvalue weighted by molar-refractivity contribution is -0.113. The van der Waals surface area contributed by atoms with E-state index in [9.17, 15) is 23.3 Å². The highest BCUT2D eigenvalue weighted by Gasteiger charge is 2.26. The number of halogens is 1. The number of nitrogens with one attached hydrogen (secondary N) is 2. The quantitative estimate of drug-likeness (QED) is 0.331. The normalized spacial score (nSPS) is 14.2. The van der Waals surface area contributed by atoms with E-state index in [1.807, 2.05) is 6.07 Å². The monoisotopic (exact) mass is 561 g/mol. The van der Waals surface area contributed by atoms with Crippen LogP contribution in [0.1, 0.15) is 5.56 Å². The minimum atomic E-state index is -3.56. The Morgan fingerprint density at radius 2 is 1.83 bits per heavy atom. The summed E-state index contributed by atoms with van der Waals surface area (Å²) < 4.78 is 27.0. The molecular formula is C23H20ClN5O4S3. The Labute approximate surface area is 221 Å². The fourth-order valence-electron chi connectivity index (χ4n) is 3.42. The van der Waals surface area contributed by atoms with Crippen molar-refractivity contribution in [3.05, 3.63) is 69.5 Å². The molecule has 2 aromatic carbocycles. The van der Waals surface area contributed by atoms with E-state index in [0.717, 1.165) is 23.3 Å². The Bertz CT molecular complexity index is 1460. The van der Waals surface area contributed by atoms with E-state index < -0.39 is 15.6 Å². The predicted molar refractivity (Wildman–Crippen MR) is 142 cm³/mol. The van der Waals surface area contributed by atoms with Gasteiger partial charge in [-0.3, -0.25) is 9.59 Å². The molecule has 0 bridgehead atoms. The molecule has 1 saturated heterocycles. The number of aromatic nitrogens is 2. The van der Waals surface area contributed by atoms with E-state index in [2.05, 4.69) is 15.3 Å². The van der Waals surface area contributed by atoms with E-state index in [1.165, 1.54) is 28.6 Å². The molecule has 0 saturated carbocycles. The number of carbonyl (C=O) groups is 1. The van der Waals surface area contributed by atoms with Crippen molar-refractivity contribution in [2.45, 2.75) is 10.1 Å². The Hall–Kier alpha value is -2.82. The van der Waals surface area contributed by atoms with Crippen molar-refractivity contribution in [2.75, 3.05) is 35.7 Å². The van der Waals surface area contributed by atoms with Gasteiger partial charge in [0.25, 0.3) is 5.56 Å². The van der Waals surface area contributed by atoms with Gasteiger partial charge in [0.05, 0.1) is 16.3 Å². The van der Waals surface area contributed by atoms with Crippen LogP contribution in [0.25, 0.3) is 11.3 Å². The van der Waals surface area contributed by atoms with E-state index in [1.54, 1.807) is 36.0 Å². The molecule has 13 heteroatoms. The van der Waals surface area contributed by atoms with Gasteiger partial charge in [-0.1, -0.05) is 35.5 Å². The summed E-state index contributed by atoms with van der Waals surface area (Å²) in [6.07, 6.45) is 0. The molecule has 0 unspecified atom stereocenters. The van der Waals surface area contributed by atoms with E-state index in [-0.39, 0.29) is 33.0 Å². The van der Waals surface area contributed by atoms with Crippen LogP contribution < -0.4 is 10.9 Å². The number of nitrogens with zero attached hydrogens (tertiary/aromatic N) is 3. The summed E-state index contributed by atoms with van der Waals surface area (Å²) in [7, 11) is -3.56. The number of rotatable bonds is 7. The first kappa shape index (κ1) is 26.2. The molecule has 1 aliphatic heterocycles. The van der Waals surface area contributed by atoms with Crippen LogP contribution in [0.2, 0.25) is 5.02 Å². The smallest absolute Gasteiger partial charge is 0.270 e. The van der Waals surface area contributed by atoms with Gasteiger partial charge >= 0.3 is 0 Å². The molecular weight excluding hydrogens is 542 g/mol. The van der Waals surface area contributed by atoms with Crippen LogP contribution in [0.3, 0.4) is 0 Å². The zero-order valence-electron chi connectivity index (χ0n) is 18.7. The van der Waals surface area contributed by atoms with Gasteiger partial charge in [0, 0.05) is 40.9 Å². The average molecular weight is 562 g/mol. The minimum Gasteiger partial charge on any atom is -0.325 e. The summed E-state index contributed by atoms with van der Waals surface area (Å²) in [6.45, 7) is 0.960. The van der Waals surface area contributed by atoms with Crippen LogP contribution in [0, 0.1) is 11.3 Å². The first-order valence-electron chi connectivity index (χ1n) is 10.7. The van der Waals surface area contributed by atoms with Crippen LogP contribution in [0.5, 0.6) is 0 Å². The molecule has 2 heterocycles. The van der Waals surface area contributed by atoms with Gasteiger partial charge < -0.3 is 10.3 Å². The Morgan fingerprint density at radius 1 is 1.17 bits per heavy atom. The number of anilines is 1. The van der Waals surface area contributed by atoms with Gasteiger partial charge in [0.1, 0.15) is 11.6 Å². The van der Waals surface area contributed by atoms with Crippen LogP contribution in [0.4, 0.5) is 5.69 Å². The molecule has 3 aromatic rings. The van der Waals surface area contributed by atoms with Gasteiger partial charge in [-0.15, -0.1) is 0 Å². The van der Waals surface area contributed by atoms with Crippen molar-refractivity contribution in [2.24, 2.45) is 0 Å². The van der Waals surface area contributed by atoms with Crippen molar-refractivity contribution in [1.82, 2.24) is 14.3 Å². The number of aromatic amines is 1. The molecule has 1 aromatic heterocycles. The average Bonchev–Trinajstić information content (AvgIpc) is 2.88. The van der Waals surface area contributed by atoms with E-state index in [4.69, 9.17) is 11.6 Å². The number of hydrogen-bond donors (Lipinski definition) is 2. The summed E-state index contributed by atoms with van der Waals surface area (Å²) in [4.78, 5) is 31.9. The lowest BCUT2D eigenvalue weighted by Crippen LogP contribution is -2.37. The number of sulfonamides is 1. The molecule has 2 N–H and O–H groups in total. The maximum atomic E-state index is 12.8. The van der Waals surface area contributed by atoms with Crippen LogP contribution in [-0.2, 0) is 14.8 Å². The van der Waals surface area contributed by atoms with Gasteiger partial charge in [-0.05, 0) is 36.4 Å². The number of amides is 1. The zero-order valence-corrected chi connectivity index (χ0v) is 21.9. The van der Waals surface area contributed by atoms with Gasteiger partial charge in [0.15, 0.2) is 5.16 Å². The fraction of sp³-hybridized carbons (Fsp3) is 0.217. The van der Waals surface area contributed by atoms with Crippen molar-refractivity contribution in [3.8, 4) is 17.3 Å². The molecule has 0 aliphatic carbocycles. The summed E-state index contributed by atoms with van der Waals surface area (Å²) in [6, 6.07) is 14.4. The summed E-state index contributed by atoms with van der Waals surface area (Å²) >= 11 is 8.64. The predicted octanol–water partition coefficient (Wildman–Crippen LogP) is 3.43. The van der Waals surface area contributed by atoms with Crippen LogP contribution in [-0.4, -0.2) is 58.9 Å². The Balaban J connectivity index is 1.42. The number of benzene rings is 2. The van der Waals surface area contributed by atoms with Crippen LogP contribution in [0.15, 0.2) is 63.4 Å². The molecule has 1 fully saturated rings. The second-order valence-electron chi connectivity index (χ2n) is 7.59. The first-order chi connectivity index (χ1) is 17.3. The largest absolute Gasteiger partial charge is 0.325 e. The highest BCUT2D eigenvalue weighted by Crippen LogP contribution is 2.24. The third kappa shape index (κ3) is 6.11. The third-order valence-electron chi connectivity index (χ3n) is 5.21. The molecule has 186 valence electrons. The molecule has 0 atom stereocenters. The fourth-order valence-corrected chi connectivity index (χ4v) is 6.78. The van der Waals surface area contributed by atoms with Crippen molar-refractivity contribution < 1.29 is 13.2 Å². The Morgan fingerprint density at radius 3 is 2.47 bits per heavy atom. The Kier molecular flexibility index (Phi) is 8.38.